The largest absolute Gasteiger partial charge is 0.455 e. The number of nitriles is 1. The van der Waals surface area contributed by atoms with Gasteiger partial charge >= 0.3 is 0 Å². The summed E-state index contributed by atoms with van der Waals surface area (Å²) >= 11 is 5.40. The Morgan fingerprint density at radius 3 is 2.37 bits per heavy atom. The van der Waals surface area contributed by atoms with Gasteiger partial charge in [-0.25, -0.2) is 0 Å². The Kier molecular flexibility index (Phi) is 2.86. The molecule has 0 saturated heterocycles. The number of hydrogen-bond acceptors (Lipinski definition) is 3. The molecule has 90 valence electrons. The number of nitrogens with zero attached hydrogens (tertiary/aromatic N) is 1. The van der Waals surface area contributed by atoms with E-state index < -0.39 is 0 Å². The van der Waals surface area contributed by atoms with E-state index in [2.05, 4.69) is 6.07 Å². The maximum atomic E-state index is 9.34. The standard InChI is InChI=1S/C16H9NOS/c17-10-13-15(11-6-2-1-3-7-11)18-14-9-5-4-8-12(14)16(13)19/h1-9H. The molecule has 0 atom stereocenters. The summed E-state index contributed by atoms with van der Waals surface area (Å²) < 4.78 is 6.41. The minimum absolute atomic E-state index is 0.417. The molecule has 1 heterocycles. The number of benzene rings is 2. The van der Waals surface area contributed by atoms with Crippen LogP contribution in [0.2, 0.25) is 0 Å². The minimum atomic E-state index is 0.417. The Hall–Kier alpha value is -2.44. The van der Waals surface area contributed by atoms with Crippen molar-refractivity contribution >= 4 is 23.2 Å². The van der Waals surface area contributed by atoms with Gasteiger partial charge in [-0.3, -0.25) is 0 Å². The highest BCUT2D eigenvalue weighted by Gasteiger charge is 2.12. The predicted octanol–water partition coefficient (Wildman–Crippen LogP) is 4.70. The zero-order chi connectivity index (χ0) is 13.2. The summed E-state index contributed by atoms with van der Waals surface area (Å²) in [5.74, 6) is 0.534. The van der Waals surface area contributed by atoms with Gasteiger partial charge in [-0.1, -0.05) is 54.7 Å². The van der Waals surface area contributed by atoms with E-state index in [9.17, 15) is 5.26 Å². The molecule has 0 N–H and O–H groups in total. The lowest BCUT2D eigenvalue weighted by Crippen LogP contribution is -1.87. The van der Waals surface area contributed by atoms with Crippen molar-refractivity contribution in [1.29, 1.82) is 5.26 Å². The second-order valence-corrected chi connectivity index (χ2v) is 4.52. The van der Waals surface area contributed by atoms with E-state index in [1.165, 1.54) is 0 Å². The molecule has 3 aromatic rings. The summed E-state index contributed by atoms with van der Waals surface area (Å²) in [6.07, 6.45) is 0. The van der Waals surface area contributed by atoms with Crippen LogP contribution in [0.1, 0.15) is 5.56 Å². The zero-order valence-corrected chi connectivity index (χ0v) is 10.8. The molecule has 2 nitrogen and oxygen atoms in total. The molecule has 0 aliphatic rings. The Bertz CT molecular complexity index is 844. The quantitative estimate of drug-likeness (QED) is 0.597. The third-order valence-electron chi connectivity index (χ3n) is 2.95. The normalized spacial score (nSPS) is 10.3. The zero-order valence-electron chi connectivity index (χ0n) is 9.96. The van der Waals surface area contributed by atoms with Gasteiger partial charge in [0.05, 0.1) is 4.51 Å². The second-order valence-electron chi connectivity index (χ2n) is 4.11. The van der Waals surface area contributed by atoms with Crippen LogP contribution in [-0.4, -0.2) is 0 Å². The fraction of sp³-hybridized carbons (Fsp3) is 0. The van der Waals surface area contributed by atoms with Gasteiger partial charge in [-0.05, 0) is 12.1 Å². The van der Waals surface area contributed by atoms with Crippen molar-refractivity contribution in [1.82, 2.24) is 0 Å². The molecule has 3 heteroatoms. The van der Waals surface area contributed by atoms with Gasteiger partial charge in [0, 0.05) is 10.9 Å². The summed E-state index contributed by atoms with van der Waals surface area (Å²) in [4.78, 5) is 0. The molecular formula is C16H9NOS. The maximum absolute atomic E-state index is 9.34. The Morgan fingerprint density at radius 1 is 0.947 bits per heavy atom. The average molecular weight is 263 g/mol. The van der Waals surface area contributed by atoms with Crippen molar-refractivity contribution < 1.29 is 4.42 Å². The van der Waals surface area contributed by atoms with Crippen molar-refractivity contribution in [2.24, 2.45) is 0 Å². The lowest BCUT2D eigenvalue weighted by Gasteiger charge is -2.06. The fourth-order valence-corrected chi connectivity index (χ4v) is 2.34. The van der Waals surface area contributed by atoms with Gasteiger partial charge in [-0.2, -0.15) is 5.26 Å². The van der Waals surface area contributed by atoms with E-state index in [0.29, 0.717) is 21.4 Å². The lowest BCUT2D eigenvalue weighted by molar-refractivity contribution is 0.618. The molecule has 1 aromatic heterocycles. The van der Waals surface area contributed by atoms with Crippen molar-refractivity contribution in [3.63, 3.8) is 0 Å². The second kappa shape index (κ2) is 4.68. The molecule has 19 heavy (non-hydrogen) atoms. The first-order valence-electron chi connectivity index (χ1n) is 5.82. The van der Waals surface area contributed by atoms with E-state index in [0.717, 1.165) is 10.9 Å². The molecular weight excluding hydrogens is 254 g/mol. The van der Waals surface area contributed by atoms with Crippen molar-refractivity contribution in [2.75, 3.05) is 0 Å². The minimum Gasteiger partial charge on any atom is -0.455 e. The summed E-state index contributed by atoms with van der Waals surface area (Å²) in [6, 6.07) is 19.2. The van der Waals surface area contributed by atoms with Gasteiger partial charge in [-0.15, -0.1) is 0 Å². The van der Waals surface area contributed by atoms with Gasteiger partial charge in [0.1, 0.15) is 17.2 Å². The number of fused-ring (bicyclic) bond motifs is 1. The number of hydrogen-bond donors (Lipinski definition) is 0. The van der Waals surface area contributed by atoms with Crippen LogP contribution in [0.15, 0.2) is 59.0 Å². The van der Waals surface area contributed by atoms with E-state index in [1.54, 1.807) is 0 Å². The highest BCUT2D eigenvalue weighted by Crippen LogP contribution is 2.29. The fourth-order valence-electron chi connectivity index (χ4n) is 2.04. The molecule has 0 fully saturated rings. The summed E-state index contributed by atoms with van der Waals surface area (Å²) in [5, 5.41) is 10.1. The Labute approximate surface area is 115 Å². The monoisotopic (exact) mass is 263 g/mol. The van der Waals surface area contributed by atoms with Crippen LogP contribution in [0, 0.1) is 15.8 Å². The molecule has 2 aromatic carbocycles. The Morgan fingerprint density at radius 2 is 1.63 bits per heavy atom. The van der Waals surface area contributed by atoms with E-state index in [1.807, 2.05) is 54.6 Å². The molecule has 0 aliphatic heterocycles. The van der Waals surface area contributed by atoms with Crippen LogP contribution < -0.4 is 0 Å². The molecule has 0 spiro atoms. The smallest absolute Gasteiger partial charge is 0.153 e. The van der Waals surface area contributed by atoms with Crippen LogP contribution in [0.4, 0.5) is 0 Å². The molecule has 3 rings (SSSR count). The predicted molar refractivity (Wildman–Crippen MR) is 77.2 cm³/mol. The molecule has 0 bridgehead atoms. The average Bonchev–Trinajstić information content (AvgIpc) is 2.48. The molecule has 0 saturated carbocycles. The van der Waals surface area contributed by atoms with Gasteiger partial charge < -0.3 is 4.42 Å². The Balaban J connectivity index is 2.44. The third-order valence-corrected chi connectivity index (χ3v) is 3.37. The lowest BCUT2D eigenvalue weighted by atomic mass is 10.1. The van der Waals surface area contributed by atoms with Gasteiger partial charge in [0.15, 0.2) is 5.76 Å². The third kappa shape index (κ3) is 1.92. The van der Waals surface area contributed by atoms with Gasteiger partial charge in [0.2, 0.25) is 0 Å². The van der Waals surface area contributed by atoms with Crippen molar-refractivity contribution in [3.8, 4) is 17.4 Å². The van der Waals surface area contributed by atoms with Crippen LogP contribution in [0.25, 0.3) is 22.3 Å². The SMILES string of the molecule is N#Cc1c(-c2ccccc2)oc2ccccc2c1=S. The molecule has 0 amide bonds. The van der Waals surface area contributed by atoms with Crippen LogP contribution in [0.5, 0.6) is 0 Å². The first kappa shape index (κ1) is 11.6. The highest BCUT2D eigenvalue weighted by molar-refractivity contribution is 7.71. The van der Waals surface area contributed by atoms with E-state index in [-0.39, 0.29) is 0 Å². The summed E-state index contributed by atoms with van der Waals surface area (Å²) in [6.45, 7) is 0. The number of rotatable bonds is 1. The van der Waals surface area contributed by atoms with Crippen LogP contribution in [0.3, 0.4) is 0 Å². The highest BCUT2D eigenvalue weighted by atomic mass is 32.1. The topological polar surface area (TPSA) is 36.9 Å². The number of para-hydroxylation sites is 1. The first-order chi connectivity index (χ1) is 9.31. The van der Waals surface area contributed by atoms with Crippen molar-refractivity contribution in [2.45, 2.75) is 0 Å². The van der Waals surface area contributed by atoms with E-state index >= 15 is 0 Å². The maximum Gasteiger partial charge on any atom is 0.153 e. The molecule has 0 radical (unpaired) electrons. The molecule has 0 unspecified atom stereocenters. The first-order valence-corrected chi connectivity index (χ1v) is 6.23. The summed E-state index contributed by atoms with van der Waals surface area (Å²) in [5.41, 5.74) is 1.97. The van der Waals surface area contributed by atoms with Gasteiger partial charge in [0.25, 0.3) is 0 Å². The van der Waals surface area contributed by atoms with Crippen LogP contribution >= 0.6 is 12.2 Å². The summed E-state index contributed by atoms with van der Waals surface area (Å²) in [7, 11) is 0. The van der Waals surface area contributed by atoms with Crippen LogP contribution in [-0.2, 0) is 0 Å². The van der Waals surface area contributed by atoms with Crippen molar-refractivity contribution in [3.05, 3.63) is 64.7 Å². The van der Waals surface area contributed by atoms with E-state index in [4.69, 9.17) is 16.6 Å². The molecule has 0 aliphatic carbocycles.